The second-order valence-corrected chi connectivity index (χ2v) is 7.09. The number of carbonyl (C=O) groups excluding carboxylic acids is 1. The molecule has 2 aromatic carbocycles. The van der Waals surface area contributed by atoms with E-state index in [4.69, 9.17) is 0 Å². The summed E-state index contributed by atoms with van der Waals surface area (Å²) in [6.07, 6.45) is 0.427. The lowest BCUT2D eigenvalue weighted by Gasteiger charge is -2.23. The molecule has 2 aromatic rings. The minimum Gasteiger partial charge on any atom is -0.378 e. The van der Waals surface area contributed by atoms with Crippen molar-refractivity contribution in [2.75, 3.05) is 39.6 Å². The maximum absolute atomic E-state index is 12.3. The average Bonchev–Trinajstić information content (AvgIpc) is 2.55. The molecule has 0 saturated heterocycles. The van der Waals surface area contributed by atoms with Gasteiger partial charge in [0.15, 0.2) is 0 Å². The smallest absolute Gasteiger partial charge is 0.224 e. The molecule has 2 rings (SSSR count). The van der Waals surface area contributed by atoms with E-state index in [9.17, 15) is 4.79 Å². The lowest BCUT2D eigenvalue weighted by atomic mass is 10.0. The van der Waals surface area contributed by atoms with Crippen LogP contribution in [0.3, 0.4) is 0 Å². The Bertz CT molecular complexity index is 693. The van der Waals surface area contributed by atoms with E-state index in [1.54, 1.807) is 0 Å². The molecule has 4 nitrogen and oxygen atoms in total. The fourth-order valence-electron chi connectivity index (χ4n) is 2.95. The monoisotopic (exact) mass is 340 g/mol. The number of likely N-dealkylation sites (N-methyl/N-ethyl adjacent to an activating group) is 1. The molecule has 2 N–H and O–H groups in total. The summed E-state index contributed by atoms with van der Waals surface area (Å²) in [4.78, 5) is 15.7. The van der Waals surface area contributed by atoms with E-state index in [0.29, 0.717) is 13.0 Å². The normalized spacial score (nSPS) is 12.1. The molecule has 4 heteroatoms. The number of rotatable bonds is 7. The number of anilines is 1. The molecule has 0 heterocycles. The molecule has 25 heavy (non-hydrogen) atoms. The summed E-state index contributed by atoms with van der Waals surface area (Å²) in [5.41, 5.74) is 4.66. The molecule has 0 saturated carbocycles. The highest BCUT2D eigenvalue weighted by atomic mass is 16.1. The van der Waals surface area contributed by atoms with Crippen LogP contribution in [0.1, 0.15) is 22.7 Å². The summed E-state index contributed by atoms with van der Waals surface area (Å²) in [5, 5.41) is 3.10. The van der Waals surface area contributed by atoms with Gasteiger partial charge in [0.1, 0.15) is 6.04 Å². The first kappa shape index (κ1) is 19.0. The zero-order chi connectivity index (χ0) is 18.4. The van der Waals surface area contributed by atoms with Crippen LogP contribution in [0.2, 0.25) is 0 Å². The summed E-state index contributed by atoms with van der Waals surface area (Å²) < 4.78 is 0. The van der Waals surface area contributed by atoms with E-state index in [0.717, 1.165) is 5.56 Å². The number of nitrogens with zero attached hydrogens (tertiary/aromatic N) is 1. The third kappa shape index (κ3) is 5.61. The molecule has 0 aliphatic carbocycles. The van der Waals surface area contributed by atoms with Crippen molar-refractivity contribution in [3.05, 3.63) is 65.2 Å². The van der Waals surface area contributed by atoms with Crippen LogP contribution in [0.15, 0.2) is 48.5 Å². The van der Waals surface area contributed by atoms with E-state index in [2.05, 4.69) is 54.6 Å². The maximum atomic E-state index is 12.3. The summed E-state index contributed by atoms with van der Waals surface area (Å²) in [6, 6.07) is 16.9. The lowest BCUT2D eigenvalue weighted by Crippen LogP contribution is -3.07. The molecule has 0 aromatic heterocycles. The molecule has 0 aliphatic rings. The van der Waals surface area contributed by atoms with Crippen LogP contribution in [-0.4, -0.2) is 40.6 Å². The van der Waals surface area contributed by atoms with Gasteiger partial charge in [0.25, 0.3) is 0 Å². The molecule has 0 unspecified atom stereocenters. The van der Waals surface area contributed by atoms with Crippen LogP contribution in [0.25, 0.3) is 0 Å². The van der Waals surface area contributed by atoms with Gasteiger partial charge in [-0.3, -0.25) is 4.79 Å². The predicted octanol–water partition coefficient (Wildman–Crippen LogP) is 1.61. The number of amides is 1. The Morgan fingerprint density at radius 3 is 2.36 bits per heavy atom. The van der Waals surface area contributed by atoms with E-state index < -0.39 is 0 Å². The average molecular weight is 340 g/mol. The van der Waals surface area contributed by atoms with Crippen molar-refractivity contribution in [1.82, 2.24) is 5.32 Å². The number of hydrogen-bond acceptors (Lipinski definition) is 2. The number of hydrogen-bond donors (Lipinski definition) is 2. The number of quaternary nitrogens is 1. The molecule has 0 radical (unpaired) electrons. The summed E-state index contributed by atoms with van der Waals surface area (Å²) in [5.74, 6) is 0.0711. The molecule has 0 spiro atoms. The lowest BCUT2D eigenvalue weighted by molar-refractivity contribution is -0.890. The first-order valence-electron chi connectivity index (χ1n) is 8.76. The van der Waals surface area contributed by atoms with Gasteiger partial charge in [-0.2, -0.15) is 0 Å². The summed E-state index contributed by atoms with van der Waals surface area (Å²) in [6.45, 7) is 2.68. The minimum atomic E-state index is 0.0711. The Labute approximate surface area is 151 Å². The molecular weight excluding hydrogens is 310 g/mol. The zero-order valence-electron chi connectivity index (χ0n) is 16.0. The molecule has 0 bridgehead atoms. The van der Waals surface area contributed by atoms with Gasteiger partial charge < -0.3 is 15.1 Å². The van der Waals surface area contributed by atoms with Gasteiger partial charge in [-0.25, -0.2) is 0 Å². The van der Waals surface area contributed by atoms with Crippen LogP contribution in [0.4, 0.5) is 5.69 Å². The SMILES string of the molecule is Cc1cccc(CC(=O)NC[C@@H](c2ccc(N(C)C)cc2)[NH+](C)C)c1. The second kappa shape index (κ2) is 8.67. The van der Waals surface area contributed by atoms with E-state index >= 15 is 0 Å². The van der Waals surface area contributed by atoms with Gasteiger partial charge in [-0.1, -0.05) is 42.0 Å². The Morgan fingerprint density at radius 1 is 1.12 bits per heavy atom. The number of benzene rings is 2. The van der Waals surface area contributed by atoms with Gasteiger partial charge in [0.2, 0.25) is 5.91 Å². The van der Waals surface area contributed by atoms with Crippen LogP contribution >= 0.6 is 0 Å². The van der Waals surface area contributed by atoms with Crippen LogP contribution < -0.4 is 15.1 Å². The Kier molecular flexibility index (Phi) is 6.59. The third-order valence-corrected chi connectivity index (χ3v) is 4.46. The van der Waals surface area contributed by atoms with E-state index in [-0.39, 0.29) is 11.9 Å². The fourth-order valence-corrected chi connectivity index (χ4v) is 2.95. The molecule has 0 aliphatic heterocycles. The van der Waals surface area contributed by atoms with Crippen molar-refractivity contribution in [2.45, 2.75) is 19.4 Å². The van der Waals surface area contributed by atoms with Crippen molar-refractivity contribution in [2.24, 2.45) is 0 Å². The van der Waals surface area contributed by atoms with Gasteiger partial charge in [0.05, 0.1) is 27.1 Å². The Balaban J connectivity index is 1.98. The second-order valence-electron chi connectivity index (χ2n) is 7.09. The Hall–Kier alpha value is -2.33. The van der Waals surface area contributed by atoms with E-state index in [1.807, 2.05) is 39.2 Å². The predicted molar refractivity (Wildman–Crippen MR) is 104 cm³/mol. The first-order valence-corrected chi connectivity index (χ1v) is 8.76. The molecular formula is C21H30N3O+. The molecule has 0 fully saturated rings. The fraction of sp³-hybridized carbons (Fsp3) is 0.381. The van der Waals surface area contributed by atoms with Gasteiger partial charge in [-0.15, -0.1) is 0 Å². The topological polar surface area (TPSA) is 36.8 Å². The Morgan fingerprint density at radius 2 is 1.80 bits per heavy atom. The number of nitrogens with one attached hydrogen (secondary N) is 2. The summed E-state index contributed by atoms with van der Waals surface area (Å²) >= 11 is 0. The highest BCUT2D eigenvalue weighted by Crippen LogP contribution is 2.16. The van der Waals surface area contributed by atoms with Crippen molar-refractivity contribution in [1.29, 1.82) is 0 Å². The zero-order valence-corrected chi connectivity index (χ0v) is 16.0. The number of carbonyl (C=O) groups is 1. The standard InChI is InChI=1S/C21H29N3O/c1-16-7-6-8-17(13-16)14-21(25)22-15-20(24(4)5)18-9-11-19(12-10-18)23(2)3/h6-13,20H,14-15H2,1-5H3,(H,22,25)/p+1/t20-/m0/s1. The first-order chi connectivity index (χ1) is 11.9. The van der Waals surface area contributed by atoms with E-state index in [1.165, 1.54) is 21.7 Å². The quantitative estimate of drug-likeness (QED) is 0.803. The van der Waals surface area contributed by atoms with Crippen LogP contribution in [-0.2, 0) is 11.2 Å². The minimum absolute atomic E-state index is 0.0711. The largest absolute Gasteiger partial charge is 0.378 e. The van der Waals surface area contributed by atoms with Crippen LogP contribution in [0, 0.1) is 6.92 Å². The van der Waals surface area contributed by atoms with Crippen molar-refractivity contribution < 1.29 is 9.69 Å². The van der Waals surface area contributed by atoms with Crippen molar-refractivity contribution >= 4 is 11.6 Å². The number of aryl methyl sites for hydroxylation is 1. The van der Waals surface area contributed by atoms with Gasteiger partial charge >= 0.3 is 0 Å². The highest BCUT2D eigenvalue weighted by molar-refractivity contribution is 5.78. The molecule has 134 valence electrons. The third-order valence-electron chi connectivity index (χ3n) is 4.46. The highest BCUT2D eigenvalue weighted by Gasteiger charge is 2.19. The summed E-state index contributed by atoms with van der Waals surface area (Å²) in [7, 11) is 8.32. The van der Waals surface area contributed by atoms with Gasteiger partial charge in [-0.05, 0) is 24.6 Å². The van der Waals surface area contributed by atoms with Crippen molar-refractivity contribution in [3.8, 4) is 0 Å². The molecule has 1 amide bonds. The van der Waals surface area contributed by atoms with Crippen molar-refractivity contribution in [3.63, 3.8) is 0 Å². The van der Waals surface area contributed by atoms with Crippen LogP contribution in [0.5, 0.6) is 0 Å². The maximum Gasteiger partial charge on any atom is 0.224 e. The van der Waals surface area contributed by atoms with Gasteiger partial charge in [0, 0.05) is 25.3 Å². The molecule has 1 atom stereocenters.